The second kappa shape index (κ2) is 8.36. The normalized spacial score (nSPS) is 26.6. The van der Waals surface area contributed by atoms with Gasteiger partial charge in [0.25, 0.3) is 0 Å². The zero-order chi connectivity index (χ0) is 22.3. The summed E-state index contributed by atoms with van der Waals surface area (Å²) >= 11 is 0. The molecule has 166 valence electrons. The molecule has 2 heterocycles. The summed E-state index contributed by atoms with van der Waals surface area (Å²) < 4.78 is 16.6. The Labute approximate surface area is 181 Å². The van der Waals surface area contributed by atoms with Gasteiger partial charge in [-0.25, -0.2) is 4.79 Å². The maximum Gasteiger partial charge on any atom is 0.337 e. The molecular formula is C24H29NO6. The molecule has 1 saturated carbocycles. The standard InChI is InChI=1S/C24H29NO6/c1-12-11-16-20(22(26)18(12)23(27)29-4)21(17-10-9-13(2)30-17)19(14(3)25-16)24(28)31-15-7-5-6-8-15/h9-10,12,15,18,21,25H,5-8,11H2,1-4H3/t12-,18+,21-/m1/s1. The van der Waals surface area contributed by atoms with Gasteiger partial charge >= 0.3 is 11.9 Å². The van der Waals surface area contributed by atoms with Crippen LogP contribution in [0.4, 0.5) is 0 Å². The Morgan fingerprint density at radius 1 is 1.16 bits per heavy atom. The fraction of sp³-hybridized carbons (Fsp3) is 0.542. The second-order valence-corrected chi connectivity index (χ2v) is 8.80. The number of rotatable bonds is 4. The fourth-order valence-electron chi connectivity index (χ4n) is 5.07. The Kier molecular flexibility index (Phi) is 5.77. The van der Waals surface area contributed by atoms with E-state index in [0.717, 1.165) is 31.4 Å². The van der Waals surface area contributed by atoms with Crippen LogP contribution in [0.5, 0.6) is 0 Å². The number of esters is 2. The maximum absolute atomic E-state index is 13.6. The predicted octanol–water partition coefficient (Wildman–Crippen LogP) is 3.69. The summed E-state index contributed by atoms with van der Waals surface area (Å²) in [5, 5.41) is 3.26. The van der Waals surface area contributed by atoms with Crippen LogP contribution in [0.2, 0.25) is 0 Å². The number of allylic oxidation sites excluding steroid dienone is 3. The molecule has 0 bridgehead atoms. The minimum absolute atomic E-state index is 0.105. The van der Waals surface area contributed by atoms with Crippen molar-refractivity contribution in [3.05, 3.63) is 46.2 Å². The Balaban J connectivity index is 1.78. The topological polar surface area (TPSA) is 94.8 Å². The van der Waals surface area contributed by atoms with Gasteiger partial charge in [-0.2, -0.15) is 0 Å². The minimum Gasteiger partial charge on any atom is -0.468 e. The molecule has 0 radical (unpaired) electrons. The molecule has 1 aromatic heterocycles. The van der Waals surface area contributed by atoms with Crippen molar-refractivity contribution in [1.29, 1.82) is 0 Å². The van der Waals surface area contributed by atoms with E-state index in [2.05, 4.69) is 5.32 Å². The first-order valence-electron chi connectivity index (χ1n) is 10.9. The number of carbonyl (C=O) groups excluding carboxylic acids is 3. The lowest BCUT2D eigenvalue weighted by Gasteiger charge is -2.37. The number of furan rings is 1. The van der Waals surface area contributed by atoms with E-state index in [0.29, 0.717) is 34.8 Å². The number of carbonyl (C=O) groups is 3. The number of ether oxygens (including phenoxy) is 2. The molecule has 1 aliphatic heterocycles. The molecule has 7 heteroatoms. The molecule has 0 saturated heterocycles. The highest BCUT2D eigenvalue weighted by atomic mass is 16.5. The molecule has 3 atom stereocenters. The number of dihydropyridines is 1. The predicted molar refractivity (Wildman–Crippen MR) is 112 cm³/mol. The van der Waals surface area contributed by atoms with Crippen LogP contribution in [-0.4, -0.2) is 30.9 Å². The van der Waals surface area contributed by atoms with Crippen LogP contribution in [-0.2, 0) is 23.9 Å². The number of Topliss-reactive ketones (excluding diaryl/α,β-unsaturated/α-hetero) is 1. The highest BCUT2D eigenvalue weighted by Crippen LogP contribution is 2.46. The highest BCUT2D eigenvalue weighted by Gasteiger charge is 2.48. The van der Waals surface area contributed by atoms with Crippen LogP contribution in [0.3, 0.4) is 0 Å². The summed E-state index contributed by atoms with van der Waals surface area (Å²) in [6.07, 6.45) is 4.19. The Bertz CT molecular complexity index is 978. The molecule has 1 N–H and O–H groups in total. The smallest absolute Gasteiger partial charge is 0.337 e. The maximum atomic E-state index is 13.6. The molecule has 7 nitrogen and oxygen atoms in total. The lowest BCUT2D eigenvalue weighted by Crippen LogP contribution is -2.43. The van der Waals surface area contributed by atoms with Crippen LogP contribution in [0.25, 0.3) is 0 Å². The third-order valence-corrected chi connectivity index (χ3v) is 6.58. The largest absolute Gasteiger partial charge is 0.468 e. The van der Waals surface area contributed by atoms with Crippen molar-refractivity contribution >= 4 is 17.7 Å². The number of hydrogen-bond donors (Lipinski definition) is 1. The third kappa shape index (κ3) is 3.82. The monoisotopic (exact) mass is 427 g/mol. The van der Waals surface area contributed by atoms with Crippen LogP contribution < -0.4 is 5.32 Å². The van der Waals surface area contributed by atoms with E-state index in [4.69, 9.17) is 13.9 Å². The van der Waals surface area contributed by atoms with E-state index < -0.39 is 23.8 Å². The lowest BCUT2D eigenvalue weighted by molar-refractivity contribution is -0.151. The molecule has 1 aromatic rings. The van der Waals surface area contributed by atoms with Gasteiger partial charge in [0, 0.05) is 17.0 Å². The number of nitrogens with one attached hydrogen (secondary N) is 1. The van der Waals surface area contributed by atoms with Gasteiger partial charge in [0.1, 0.15) is 23.5 Å². The van der Waals surface area contributed by atoms with Crippen molar-refractivity contribution < 1.29 is 28.3 Å². The van der Waals surface area contributed by atoms with Crippen molar-refractivity contribution in [2.75, 3.05) is 7.11 Å². The van der Waals surface area contributed by atoms with Crippen LogP contribution in [0, 0.1) is 18.8 Å². The molecule has 1 fully saturated rings. The SMILES string of the molecule is COC(=O)[C@@H]1C(=O)C2=C(C[C@H]1C)NC(C)=C(C(=O)OC1CCCC1)[C@H]2c1ccc(C)o1. The van der Waals surface area contributed by atoms with Crippen molar-refractivity contribution in [2.24, 2.45) is 11.8 Å². The van der Waals surface area contributed by atoms with Gasteiger partial charge in [-0.3, -0.25) is 9.59 Å². The van der Waals surface area contributed by atoms with Crippen molar-refractivity contribution in [2.45, 2.75) is 64.9 Å². The number of hydrogen-bond acceptors (Lipinski definition) is 7. The molecule has 3 aliphatic rings. The van der Waals surface area contributed by atoms with Gasteiger partial charge in [-0.05, 0) is 64.0 Å². The number of methoxy groups -OCH3 is 1. The van der Waals surface area contributed by atoms with Gasteiger partial charge < -0.3 is 19.2 Å². The second-order valence-electron chi connectivity index (χ2n) is 8.80. The summed E-state index contributed by atoms with van der Waals surface area (Å²) in [6.45, 7) is 5.49. The van der Waals surface area contributed by atoms with Gasteiger partial charge in [0.05, 0.1) is 18.6 Å². The van der Waals surface area contributed by atoms with Crippen LogP contribution >= 0.6 is 0 Å². The molecular weight excluding hydrogens is 398 g/mol. The van der Waals surface area contributed by atoms with Crippen molar-refractivity contribution in [1.82, 2.24) is 5.32 Å². The molecule has 0 unspecified atom stereocenters. The summed E-state index contributed by atoms with van der Waals surface area (Å²) in [5.74, 6) is -1.99. The minimum atomic E-state index is -0.908. The summed E-state index contributed by atoms with van der Waals surface area (Å²) in [6, 6.07) is 3.59. The van der Waals surface area contributed by atoms with E-state index in [1.807, 2.05) is 20.8 Å². The van der Waals surface area contributed by atoms with E-state index in [1.165, 1.54) is 7.11 Å². The Morgan fingerprint density at radius 2 is 1.87 bits per heavy atom. The average molecular weight is 427 g/mol. The lowest BCUT2D eigenvalue weighted by atomic mass is 9.70. The quantitative estimate of drug-likeness (QED) is 0.578. The van der Waals surface area contributed by atoms with Gasteiger partial charge in [-0.15, -0.1) is 0 Å². The molecule has 0 amide bonds. The first-order chi connectivity index (χ1) is 14.8. The van der Waals surface area contributed by atoms with Gasteiger partial charge in [0.15, 0.2) is 5.78 Å². The van der Waals surface area contributed by atoms with Crippen molar-refractivity contribution in [3.8, 4) is 0 Å². The summed E-state index contributed by atoms with van der Waals surface area (Å²) in [5.41, 5.74) is 2.14. The Morgan fingerprint density at radius 3 is 2.48 bits per heavy atom. The molecule has 0 spiro atoms. The zero-order valence-corrected chi connectivity index (χ0v) is 18.4. The van der Waals surface area contributed by atoms with Gasteiger partial charge in [-0.1, -0.05) is 6.92 Å². The van der Waals surface area contributed by atoms with Crippen molar-refractivity contribution in [3.63, 3.8) is 0 Å². The Hall–Kier alpha value is -2.83. The molecule has 31 heavy (non-hydrogen) atoms. The molecule has 2 aliphatic carbocycles. The van der Waals surface area contributed by atoms with E-state index in [1.54, 1.807) is 12.1 Å². The zero-order valence-electron chi connectivity index (χ0n) is 18.4. The molecule has 0 aromatic carbocycles. The van der Waals surface area contributed by atoms with Crippen LogP contribution in [0.15, 0.2) is 39.1 Å². The van der Waals surface area contributed by atoms with Gasteiger partial charge in [0.2, 0.25) is 0 Å². The number of aryl methyl sites for hydroxylation is 1. The fourth-order valence-corrected chi connectivity index (χ4v) is 5.07. The van der Waals surface area contributed by atoms with E-state index in [9.17, 15) is 14.4 Å². The van der Waals surface area contributed by atoms with E-state index in [-0.39, 0.29) is 17.8 Å². The average Bonchev–Trinajstić information content (AvgIpc) is 3.38. The first-order valence-corrected chi connectivity index (χ1v) is 10.9. The van der Waals surface area contributed by atoms with Crippen LogP contribution in [0.1, 0.15) is 63.4 Å². The summed E-state index contributed by atoms with van der Waals surface area (Å²) in [4.78, 5) is 39.3. The molecule has 4 rings (SSSR count). The number of ketones is 1. The first kappa shape index (κ1) is 21.4. The summed E-state index contributed by atoms with van der Waals surface area (Å²) in [7, 11) is 1.28. The van der Waals surface area contributed by atoms with E-state index >= 15 is 0 Å². The third-order valence-electron chi connectivity index (χ3n) is 6.58. The highest BCUT2D eigenvalue weighted by molar-refractivity contribution is 6.12.